The van der Waals surface area contributed by atoms with Crippen molar-refractivity contribution >= 4 is 12.0 Å². The van der Waals surface area contributed by atoms with Crippen LogP contribution in [0.1, 0.15) is 18.4 Å². The number of carbonyl (C=O) groups is 2. The number of likely N-dealkylation sites (tertiary alicyclic amines) is 1. The van der Waals surface area contributed by atoms with E-state index in [1.165, 1.54) is 23.2 Å². The van der Waals surface area contributed by atoms with Crippen molar-refractivity contribution in [3.63, 3.8) is 0 Å². The van der Waals surface area contributed by atoms with E-state index >= 15 is 0 Å². The highest BCUT2D eigenvalue weighted by molar-refractivity contribution is 5.76. The third-order valence-electron chi connectivity index (χ3n) is 3.68. The van der Waals surface area contributed by atoms with E-state index in [1.54, 1.807) is 0 Å². The van der Waals surface area contributed by atoms with Crippen molar-refractivity contribution in [2.75, 3.05) is 19.7 Å². The number of urea groups is 1. The van der Waals surface area contributed by atoms with Crippen LogP contribution < -0.4 is 10.1 Å². The minimum Gasteiger partial charge on any atom is -0.481 e. The smallest absolute Gasteiger partial charge is 0.422 e. The Morgan fingerprint density at radius 3 is 2.88 bits per heavy atom. The Labute approximate surface area is 141 Å². The fourth-order valence-electron chi connectivity index (χ4n) is 2.45. The lowest BCUT2D eigenvalue weighted by molar-refractivity contribution is -0.154. The first-order valence-electron chi connectivity index (χ1n) is 7.64. The van der Waals surface area contributed by atoms with E-state index in [1.807, 2.05) is 0 Å². The molecule has 25 heavy (non-hydrogen) atoms. The summed E-state index contributed by atoms with van der Waals surface area (Å²) in [6, 6.07) is 2.43. The number of ether oxygens (including phenoxy) is 1. The summed E-state index contributed by atoms with van der Waals surface area (Å²) in [5, 5.41) is 11.6. The fourth-order valence-corrected chi connectivity index (χ4v) is 2.45. The Bertz CT molecular complexity index is 624. The predicted molar refractivity (Wildman–Crippen MR) is 80.0 cm³/mol. The third-order valence-corrected chi connectivity index (χ3v) is 3.68. The van der Waals surface area contributed by atoms with Gasteiger partial charge < -0.3 is 20.1 Å². The number of hydrogen-bond acceptors (Lipinski definition) is 4. The van der Waals surface area contributed by atoms with Crippen LogP contribution in [0.2, 0.25) is 0 Å². The molecule has 1 aromatic heterocycles. The molecule has 1 saturated heterocycles. The molecule has 1 aliphatic heterocycles. The number of pyridine rings is 1. The van der Waals surface area contributed by atoms with Crippen LogP contribution in [-0.2, 0) is 11.3 Å². The van der Waals surface area contributed by atoms with Crippen molar-refractivity contribution in [1.82, 2.24) is 15.2 Å². The van der Waals surface area contributed by atoms with Crippen molar-refractivity contribution in [2.45, 2.75) is 25.6 Å². The zero-order chi connectivity index (χ0) is 18.4. The van der Waals surface area contributed by atoms with Crippen LogP contribution in [0.3, 0.4) is 0 Å². The normalized spacial score (nSPS) is 17.9. The second-order valence-electron chi connectivity index (χ2n) is 5.69. The van der Waals surface area contributed by atoms with Crippen LogP contribution in [0.25, 0.3) is 0 Å². The molecule has 0 aromatic carbocycles. The van der Waals surface area contributed by atoms with E-state index in [4.69, 9.17) is 5.11 Å². The Kier molecular flexibility index (Phi) is 6.05. The van der Waals surface area contributed by atoms with Crippen LogP contribution in [-0.4, -0.2) is 52.9 Å². The molecule has 0 bridgehead atoms. The van der Waals surface area contributed by atoms with E-state index < -0.39 is 30.7 Å². The number of amides is 2. The van der Waals surface area contributed by atoms with Crippen molar-refractivity contribution in [1.29, 1.82) is 0 Å². The van der Waals surface area contributed by atoms with Crippen LogP contribution in [0.5, 0.6) is 5.88 Å². The van der Waals surface area contributed by atoms with Crippen molar-refractivity contribution in [2.24, 2.45) is 5.92 Å². The maximum atomic E-state index is 12.1. The van der Waals surface area contributed by atoms with E-state index in [0.29, 0.717) is 24.9 Å². The topological polar surface area (TPSA) is 91.8 Å². The summed E-state index contributed by atoms with van der Waals surface area (Å²) >= 11 is 0. The SMILES string of the molecule is O=C(O)C1CCCN(C(=O)NCc2ccnc(OCC(F)(F)F)c2)C1. The van der Waals surface area contributed by atoms with Gasteiger partial charge in [-0.15, -0.1) is 0 Å². The van der Waals surface area contributed by atoms with Gasteiger partial charge in [0.15, 0.2) is 6.61 Å². The molecule has 7 nitrogen and oxygen atoms in total. The molecule has 1 fully saturated rings. The molecule has 2 rings (SSSR count). The number of carboxylic acid groups (broad SMARTS) is 1. The first-order valence-corrected chi connectivity index (χ1v) is 7.64. The van der Waals surface area contributed by atoms with Gasteiger partial charge in [-0.2, -0.15) is 13.2 Å². The maximum absolute atomic E-state index is 12.1. The summed E-state index contributed by atoms with van der Waals surface area (Å²) in [6.45, 7) is -0.776. The maximum Gasteiger partial charge on any atom is 0.422 e. The minimum absolute atomic E-state index is 0.0674. The molecular formula is C15H18F3N3O4. The average molecular weight is 361 g/mol. The van der Waals surface area contributed by atoms with E-state index in [2.05, 4.69) is 15.0 Å². The van der Waals surface area contributed by atoms with Gasteiger partial charge >= 0.3 is 18.2 Å². The average Bonchev–Trinajstić information content (AvgIpc) is 2.58. The van der Waals surface area contributed by atoms with Crippen molar-refractivity contribution in [3.05, 3.63) is 23.9 Å². The van der Waals surface area contributed by atoms with Gasteiger partial charge in [0.2, 0.25) is 5.88 Å². The first-order chi connectivity index (χ1) is 11.7. The summed E-state index contributed by atoms with van der Waals surface area (Å²) in [6.07, 6.45) is -2.03. The predicted octanol–water partition coefficient (Wildman–Crippen LogP) is 2.03. The van der Waals surface area contributed by atoms with Crippen LogP contribution in [0.4, 0.5) is 18.0 Å². The standard InChI is InChI=1S/C15H18F3N3O4/c16-15(17,18)9-25-12-6-10(3-4-19-12)7-20-14(24)21-5-1-2-11(8-21)13(22)23/h3-4,6,11H,1-2,5,7-9H2,(H,20,24)(H,22,23). The number of hydrogen-bond donors (Lipinski definition) is 2. The largest absolute Gasteiger partial charge is 0.481 e. The molecule has 0 saturated carbocycles. The van der Waals surface area contributed by atoms with Gasteiger partial charge in [-0.05, 0) is 24.5 Å². The van der Waals surface area contributed by atoms with E-state index in [0.717, 1.165) is 0 Å². The van der Waals surface area contributed by atoms with E-state index in [9.17, 15) is 22.8 Å². The number of halogens is 3. The molecule has 1 aliphatic rings. The lowest BCUT2D eigenvalue weighted by Crippen LogP contribution is -2.46. The zero-order valence-corrected chi connectivity index (χ0v) is 13.3. The molecule has 0 radical (unpaired) electrons. The number of alkyl halides is 3. The van der Waals surface area contributed by atoms with E-state index in [-0.39, 0.29) is 19.0 Å². The van der Waals surface area contributed by atoms with Crippen molar-refractivity contribution in [3.8, 4) is 5.88 Å². The Morgan fingerprint density at radius 2 is 2.20 bits per heavy atom. The second-order valence-corrected chi connectivity index (χ2v) is 5.69. The number of piperidine rings is 1. The molecule has 0 aliphatic carbocycles. The first kappa shape index (κ1) is 18.8. The molecule has 0 spiro atoms. The quantitative estimate of drug-likeness (QED) is 0.837. The summed E-state index contributed by atoms with van der Waals surface area (Å²) < 4.78 is 40.9. The van der Waals surface area contributed by atoms with Gasteiger partial charge in [0.25, 0.3) is 0 Å². The molecule has 2 N–H and O–H groups in total. The number of rotatable bonds is 5. The summed E-state index contributed by atoms with van der Waals surface area (Å²) in [5.74, 6) is -1.70. The van der Waals surface area contributed by atoms with Gasteiger partial charge in [-0.3, -0.25) is 4.79 Å². The molecule has 1 aromatic rings. The zero-order valence-electron chi connectivity index (χ0n) is 13.3. The molecule has 1 atom stereocenters. The van der Waals surface area contributed by atoms with Gasteiger partial charge in [-0.25, -0.2) is 9.78 Å². The molecule has 10 heteroatoms. The molecule has 138 valence electrons. The Hall–Kier alpha value is -2.52. The van der Waals surface area contributed by atoms with Gasteiger partial charge in [0.1, 0.15) is 0 Å². The summed E-state index contributed by atoms with van der Waals surface area (Å²) in [7, 11) is 0. The Balaban J connectivity index is 1.86. The summed E-state index contributed by atoms with van der Waals surface area (Å²) in [4.78, 5) is 28.2. The Morgan fingerprint density at radius 1 is 1.44 bits per heavy atom. The number of carboxylic acids is 1. The lowest BCUT2D eigenvalue weighted by Gasteiger charge is -2.30. The number of nitrogens with one attached hydrogen (secondary N) is 1. The number of nitrogens with zero attached hydrogens (tertiary/aromatic N) is 2. The number of aliphatic carboxylic acids is 1. The fraction of sp³-hybridized carbons (Fsp3) is 0.533. The highest BCUT2D eigenvalue weighted by atomic mass is 19.4. The van der Waals surface area contributed by atoms with Crippen molar-refractivity contribution < 1.29 is 32.6 Å². The minimum atomic E-state index is -4.46. The van der Waals surface area contributed by atoms with Crippen LogP contribution in [0.15, 0.2) is 18.3 Å². The van der Waals surface area contributed by atoms with Gasteiger partial charge in [0, 0.05) is 31.9 Å². The monoisotopic (exact) mass is 361 g/mol. The lowest BCUT2D eigenvalue weighted by atomic mass is 9.99. The number of carbonyl (C=O) groups excluding carboxylic acids is 1. The van der Waals surface area contributed by atoms with Gasteiger partial charge in [-0.1, -0.05) is 0 Å². The van der Waals surface area contributed by atoms with Crippen LogP contribution in [0, 0.1) is 5.92 Å². The molecule has 2 heterocycles. The molecule has 1 unspecified atom stereocenters. The third kappa shape index (κ3) is 6.12. The van der Waals surface area contributed by atoms with Gasteiger partial charge in [0.05, 0.1) is 5.92 Å². The summed E-state index contributed by atoms with van der Waals surface area (Å²) in [5.41, 5.74) is 0.521. The highest BCUT2D eigenvalue weighted by Crippen LogP contribution is 2.18. The van der Waals surface area contributed by atoms with Crippen LogP contribution >= 0.6 is 0 Å². The molecule has 2 amide bonds. The number of aromatic nitrogens is 1. The molecular weight excluding hydrogens is 343 g/mol. The second kappa shape index (κ2) is 8.04. The highest BCUT2D eigenvalue weighted by Gasteiger charge is 2.29.